The molecule has 0 aliphatic carbocycles. The zero-order valence-corrected chi connectivity index (χ0v) is 26.2. The molecule has 0 nitrogen and oxygen atoms in total. The standard InChI is InChI=1S/C36H24Se3/c1-3-7-25(8-4-1)27-11-15-29(16-12-27)31-19-21-33(37-31)35-23-24-36(39-35)34-22-20-32(38-34)30-17-13-28(14-18-30)26-9-5-2-6-10-26/h1-24H. The van der Waals surface area contributed by atoms with Crippen LogP contribution in [0.5, 0.6) is 0 Å². The third-order valence-electron chi connectivity index (χ3n) is 6.86. The van der Waals surface area contributed by atoms with Gasteiger partial charge in [-0.3, -0.25) is 0 Å². The average Bonchev–Trinajstić information content (AvgIpc) is 3.79. The molecule has 0 aliphatic rings. The zero-order valence-electron chi connectivity index (χ0n) is 21.1. The fraction of sp³-hybridized carbons (Fsp3) is 0. The Bertz CT molecular complexity index is 1680. The SMILES string of the molecule is c1ccc(-c2ccc(-c3ccc(-c4ccc(-c5ccc(-c6ccc(-c7ccccc7)cc6)[se]5)[se]4)[se]3)cc2)cc1. The molecule has 0 unspecified atom stereocenters. The van der Waals surface area contributed by atoms with Crippen LogP contribution in [-0.4, -0.2) is 43.5 Å². The van der Waals surface area contributed by atoms with Gasteiger partial charge in [-0.1, -0.05) is 0 Å². The van der Waals surface area contributed by atoms with Crippen molar-refractivity contribution in [1.82, 2.24) is 0 Å². The molecule has 3 heteroatoms. The summed E-state index contributed by atoms with van der Waals surface area (Å²) in [6.45, 7) is 0. The number of benzene rings is 4. The summed E-state index contributed by atoms with van der Waals surface area (Å²) in [6.07, 6.45) is 0. The molecule has 0 amide bonds. The maximum absolute atomic E-state index is 2.39. The van der Waals surface area contributed by atoms with Crippen LogP contribution >= 0.6 is 0 Å². The third kappa shape index (κ3) is 5.36. The molecule has 7 aromatic rings. The second kappa shape index (κ2) is 11.2. The van der Waals surface area contributed by atoms with Gasteiger partial charge in [-0.25, -0.2) is 0 Å². The Morgan fingerprint density at radius 3 is 0.821 bits per heavy atom. The fourth-order valence-corrected chi connectivity index (χ4v) is 12.3. The predicted octanol–water partition coefficient (Wildman–Crippen LogP) is 8.86. The van der Waals surface area contributed by atoms with E-state index in [2.05, 4.69) is 146 Å². The molecule has 0 bridgehead atoms. The normalized spacial score (nSPS) is 11.1. The summed E-state index contributed by atoms with van der Waals surface area (Å²) >= 11 is 1.12. The van der Waals surface area contributed by atoms with Gasteiger partial charge in [-0.15, -0.1) is 0 Å². The van der Waals surface area contributed by atoms with Gasteiger partial charge in [-0.05, 0) is 0 Å². The second-order valence-corrected chi connectivity index (χ2v) is 16.2. The van der Waals surface area contributed by atoms with Crippen molar-refractivity contribution in [3.8, 4) is 60.0 Å². The van der Waals surface area contributed by atoms with Crippen LogP contribution in [0, 0.1) is 0 Å². The van der Waals surface area contributed by atoms with Crippen molar-refractivity contribution in [2.45, 2.75) is 0 Å². The van der Waals surface area contributed by atoms with Crippen LogP contribution in [0.1, 0.15) is 0 Å². The van der Waals surface area contributed by atoms with Gasteiger partial charge >= 0.3 is 249 Å². The Balaban J connectivity index is 1.08. The molecular formula is C36H24Se3. The molecule has 7 rings (SSSR count). The van der Waals surface area contributed by atoms with Gasteiger partial charge in [0, 0.05) is 0 Å². The average molecular weight is 693 g/mol. The van der Waals surface area contributed by atoms with Gasteiger partial charge < -0.3 is 0 Å². The molecule has 0 radical (unpaired) electrons. The number of rotatable bonds is 6. The molecule has 0 saturated carbocycles. The van der Waals surface area contributed by atoms with E-state index in [-0.39, 0.29) is 0 Å². The van der Waals surface area contributed by atoms with E-state index in [0.29, 0.717) is 43.5 Å². The Labute approximate surface area is 247 Å². The molecule has 0 atom stereocenters. The Morgan fingerprint density at radius 1 is 0.205 bits per heavy atom. The van der Waals surface area contributed by atoms with Crippen LogP contribution in [0.3, 0.4) is 0 Å². The molecule has 3 heterocycles. The van der Waals surface area contributed by atoms with Crippen LogP contribution in [-0.2, 0) is 0 Å². The van der Waals surface area contributed by atoms with E-state index in [0.717, 1.165) is 0 Å². The van der Waals surface area contributed by atoms with Gasteiger partial charge in [0.2, 0.25) is 0 Å². The van der Waals surface area contributed by atoms with Crippen LogP contribution in [0.4, 0.5) is 0 Å². The maximum atomic E-state index is 2.39. The predicted molar refractivity (Wildman–Crippen MR) is 170 cm³/mol. The summed E-state index contributed by atoms with van der Waals surface area (Å²) in [6, 6.07) is 53.6. The van der Waals surface area contributed by atoms with Crippen molar-refractivity contribution >= 4 is 43.5 Å². The first-order valence-corrected chi connectivity index (χ1v) is 18.1. The number of hydrogen-bond acceptors (Lipinski definition) is 0. The topological polar surface area (TPSA) is 0 Å². The van der Waals surface area contributed by atoms with Crippen LogP contribution in [0.15, 0.2) is 146 Å². The summed E-state index contributed by atoms with van der Waals surface area (Å²) in [5.41, 5.74) is 7.82. The van der Waals surface area contributed by atoms with E-state index < -0.39 is 0 Å². The van der Waals surface area contributed by atoms with Crippen molar-refractivity contribution in [2.75, 3.05) is 0 Å². The summed E-state index contributed by atoms with van der Waals surface area (Å²) in [7, 11) is 0. The molecular weight excluding hydrogens is 669 g/mol. The minimum atomic E-state index is 0.365. The van der Waals surface area contributed by atoms with Crippen LogP contribution in [0.2, 0.25) is 0 Å². The first kappa shape index (κ1) is 24.9. The first-order valence-electron chi connectivity index (χ1n) is 12.9. The van der Waals surface area contributed by atoms with Gasteiger partial charge in [0.25, 0.3) is 0 Å². The van der Waals surface area contributed by atoms with Gasteiger partial charge in [0.15, 0.2) is 0 Å². The van der Waals surface area contributed by atoms with Crippen molar-refractivity contribution in [2.24, 2.45) is 0 Å². The van der Waals surface area contributed by atoms with Crippen molar-refractivity contribution in [1.29, 1.82) is 0 Å². The van der Waals surface area contributed by atoms with Crippen molar-refractivity contribution in [3.05, 3.63) is 146 Å². The van der Waals surface area contributed by atoms with Gasteiger partial charge in [0.05, 0.1) is 0 Å². The molecule has 0 spiro atoms. The molecule has 0 aliphatic heterocycles. The molecule has 0 saturated heterocycles. The summed E-state index contributed by atoms with van der Waals surface area (Å²) in [5.74, 6) is 0. The molecule has 4 aromatic carbocycles. The molecule has 186 valence electrons. The van der Waals surface area contributed by atoms with E-state index >= 15 is 0 Å². The van der Waals surface area contributed by atoms with E-state index in [1.165, 1.54) is 42.3 Å². The quantitative estimate of drug-likeness (QED) is 0.153. The fourth-order valence-electron chi connectivity index (χ4n) is 4.77. The molecule has 0 fully saturated rings. The Morgan fingerprint density at radius 2 is 0.462 bits per heavy atom. The monoisotopic (exact) mass is 696 g/mol. The van der Waals surface area contributed by atoms with E-state index in [1.807, 2.05) is 0 Å². The number of hydrogen-bond donors (Lipinski definition) is 0. The molecule has 0 N–H and O–H groups in total. The summed E-state index contributed by atoms with van der Waals surface area (Å²) < 4.78 is 9.17. The van der Waals surface area contributed by atoms with E-state index in [1.54, 1.807) is 17.7 Å². The van der Waals surface area contributed by atoms with Gasteiger partial charge in [0.1, 0.15) is 0 Å². The van der Waals surface area contributed by atoms with Crippen molar-refractivity contribution < 1.29 is 0 Å². The minimum absolute atomic E-state index is 0.365. The van der Waals surface area contributed by atoms with Crippen LogP contribution in [0.25, 0.3) is 60.0 Å². The van der Waals surface area contributed by atoms with Gasteiger partial charge in [-0.2, -0.15) is 0 Å². The summed E-state index contributed by atoms with van der Waals surface area (Å²) in [5, 5.41) is 0. The second-order valence-electron chi connectivity index (χ2n) is 9.38. The zero-order chi connectivity index (χ0) is 26.0. The molecule has 39 heavy (non-hydrogen) atoms. The summed E-state index contributed by atoms with van der Waals surface area (Å²) in [4.78, 5) is 0. The third-order valence-corrected chi connectivity index (χ3v) is 15.5. The van der Waals surface area contributed by atoms with E-state index in [4.69, 9.17) is 0 Å². The Hall–Kier alpha value is -3.12. The first-order chi connectivity index (χ1) is 19.3. The Kier molecular flexibility index (Phi) is 7.12. The van der Waals surface area contributed by atoms with E-state index in [9.17, 15) is 0 Å². The van der Waals surface area contributed by atoms with Crippen molar-refractivity contribution in [3.63, 3.8) is 0 Å². The molecule has 3 aromatic heterocycles. The van der Waals surface area contributed by atoms with Crippen LogP contribution < -0.4 is 0 Å².